The first-order valence-corrected chi connectivity index (χ1v) is 9.91. The van der Waals surface area contributed by atoms with Gasteiger partial charge in [0.05, 0.1) is 17.2 Å². The van der Waals surface area contributed by atoms with Crippen LogP contribution in [-0.4, -0.2) is 36.0 Å². The molecule has 1 aromatic rings. The molecule has 2 atom stereocenters. The Balaban J connectivity index is 1.86. The number of rotatable bonds is 5. The SMILES string of the molecule is CN=C(NCc1sc(C)nc1C)NC1CCCC(C(=O)NC(C)C)C1. The average Bonchev–Trinajstić information content (AvgIpc) is 2.88. The van der Waals surface area contributed by atoms with Gasteiger partial charge in [-0.1, -0.05) is 6.42 Å². The van der Waals surface area contributed by atoms with E-state index < -0.39 is 0 Å². The van der Waals surface area contributed by atoms with Crippen molar-refractivity contribution in [3.05, 3.63) is 15.6 Å². The summed E-state index contributed by atoms with van der Waals surface area (Å²) in [7, 11) is 1.78. The van der Waals surface area contributed by atoms with Crippen molar-refractivity contribution in [1.82, 2.24) is 20.9 Å². The number of guanidine groups is 1. The molecule has 0 saturated heterocycles. The van der Waals surface area contributed by atoms with Crippen LogP contribution in [0.3, 0.4) is 0 Å². The zero-order valence-corrected chi connectivity index (χ0v) is 16.8. The van der Waals surface area contributed by atoms with Gasteiger partial charge in [-0.25, -0.2) is 4.98 Å². The fourth-order valence-corrected chi connectivity index (χ4v) is 4.13. The van der Waals surface area contributed by atoms with Gasteiger partial charge in [-0.3, -0.25) is 9.79 Å². The number of amides is 1. The number of carbonyl (C=O) groups excluding carboxylic acids is 1. The van der Waals surface area contributed by atoms with Crippen LogP contribution in [0.2, 0.25) is 0 Å². The van der Waals surface area contributed by atoms with Crippen LogP contribution >= 0.6 is 11.3 Å². The molecular formula is C18H31N5OS. The zero-order valence-electron chi connectivity index (χ0n) is 16.0. The Morgan fingerprint density at radius 3 is 2.72 bits per heavy atom. The van der Waals surface area contributed by atoms with Crippen molar-refractivity contribution in [3.63, 3.8) is 0 Å². The van der Waals surface area contributed by atoms with Gasteiger partial charge < -0.3 is 16.0 Å². The Bertz CT molecular complexity index is 611. The fraction of sp³-hybridized carbons (Fsp3) is 0.722. The molecule has 3 N–H and O–H groups in total. The van der Waals surface area contributed by atoms with Crippen LogP contribution in [0.25, 0.3) is 0 Å². The van der Waals surface area contributed by atoms with Crippen molar-refractivity contribution in [2.45, 2.75) is 72.0 Å². The summed E-state index contributed by atoms with van der Waals surface area (Å²) in [5, 5.41) is 11.0. The molecule has 2 rings (SSSR count). The van der Waals surface area contributed by atoms with Gasteiger partial charge in [-0.05, 0) is 47.0 Å². The molecule has 0 spiro atoms. The molecule has 0 bridgehead atoms. The Morgan fingerprint density at radius 1 is 1.36 bits per heavy atom. The number of aliphatic imine (C=N–C) groups is 1. The molecule has 2 unspecified atom stereocenters. The van der Waals surface area contributed by atoms with Gasteiger partial charge in [0, 0.05) is 29.9 Å². The van der Waals surface area contributed by atoms with Gasteiger partial charge >= 0.3 is 0 Å². The summed E-state index contributed by atoms with van der Waals surface area (Å²) < 4.78 is 0. The first-order valence-electron chi connectivity index (χ1n) is 9.09. The molecule has 1 saturated carbocycles. The number of nitrogens with zero attached hydrogens (tertiary/aromatic N) is 2. The highest BCUT2D eigenvalue weighted by Gasteiger charge is 2.28. The van der Waals surface area contributed by atoms with Gasteiger partial charge in [-0.2, -0.15) is 0 Å². The predicted molar refractivity (Wildman–Crippen MR) is 104 cm³/mol. The number of thiazole rings is 1. The normalized spacial score (nSPS) is 21.3. The molecule has 0 aliphatic heterocycles. The van der Waals surface area contributed by atoms with E-state index >= 15 is 0 Å². The Morgan fingerprint density at radius 2 is 2.12 bits per heavy atom. The van der Waals surface area contributed by atoms with Crippen molar-refractivity contribution >= 4 is 23.2 Å². The van der Waals surface area contributed by atoms with E-state index in [-0.39, 0.29) is 23.9 Å². The second-order valence-electron chi connectivity index (χ2n) is 7.04. The monoisotopic (exact) mass is 365 g/mol. The van der Waals surface area contributed by atoms with Crippen molar-refractivity contribution in [1.29, 1.82) is 0 Å². The highest BCUT2D eigenvalue weighted by Crippen LogP contribution is 2.24. The summed E-state index contributed by atoms with van der Waals surface area (Å²) in [4.78, 5) is 22.3. The van der Waals surface area contributed by atoms with Gasteiger partial charge in [0.15, 0.2) is 5.96 Å². The van der Waals surface area contributed by atoms with Crippen LogP contribution in [0.4, 0.5) is 0 Å². The highest BCUT2D eigenvalue weighted by molar-refractivity contribution is 7.11. The molecular weight excluding hydrogens is 334 g/mol. The lowest BCUT2D eigenvalue weighted by Gasteiger charge is -2.30. The van der Waals surface area contributed by atoms with Crippen LogP contribution in [0.1, 0.15) is 55.1 Å². The third-order valence-corrected chi connectivity index (χ3v) is 5.53. The summed E-state index contributed by atoms with van der Waals surface area (Å²) in [5.41, 5.74) is 1.08. The molecule has 1 aliphatic rings. The summed E-state index contributed by atoms with van der Waals surface area (Å²) in [5.74, 6) is 1.07. The molecule has 7 heteroatoms. The third kappa shape index (κ3) is 5.99. The standard InChI is InChI=1S/C18H31N5OS/c1-11(2)21-17(24)14-7-6-8-15(9-14)23-18(19-5)20-10-16-12(3)22-13(4)25-16/h11,14-15H,6-10H2,1-5H3,(H,21,24)(H2,19,20,23). The number of nitrogens with one attached hydrogen (secondary N) is 3. The first-order chi connectivity index (χ1) is 11.9. The van der Waals surface area contributed by atoms with Gasteiger partial charge in [0.25, 0.3) is 0 Å². The van der Waals surface area contributed by atoms with E-state index in [0.29, 0.717) is 0 Å². The van der Waals surface area contributed by atoms with Gasteiger partial charge in [0.2, 0.25) is 5.91 Å². The molecule has 140 valence electrons. The average molecular weight is 366 g/mol. The summed E-state index contributed by atoms with van der Waals surface area (Å²) in [6.07, 6.45) is 3.98. The van der Waals surface area contributed by atoms with E-state index in [1.54, 1.807) is 18.4 Å². The Labute approximate surface area is 154 Å². The van der Waals surface area contributed by atoms with E-state index in [2.05, 4.69) is 25.9 Å². The van der Waals surface area contributed by atoms with Gasteiger partial charge in [0.1, 0.15) is 0 Å². The Hall–Kier alpha value is -1.63. The minimum absolute atomic E-state index is 0.0955. The van der Waals surface area contributed by atoms with Crippen molar-refractivity contribution in [3.8, 4) is 0 Å². The number of aromatic nitrogens is 1. The van der Waals surface area contributed by atoms with E-state index in [4.69, 9.17) is 0 Å². The molecule has 25 heavy (non-hydrogen) atoms. The maximum Gasteiger partial charge on any atom is 0.223 e. The van der Waals surface area contributed by atoms with Crippen molar-refractivity contribution < 1.29 is 4.79 Å². The Kier molecular flexibility index (Phi) is 7.23. The van der Waals surface area contributed by atoms with E-state index in [9.17, 15) is 4.79 Å². The molecule has 0 radical (unpaired) electrons. The number of hydrogen-bond donors (Lipinski definition) is 3. The molecule has 6 nitrogen and oxygen atoms in total. The van der Waals surface area contributed by atoms with Crippen LogP contribution in [0.5, 0.6) is 0 Å². The first kappa shape index (κ1) is 19.7. The van der Waals surface area contributed by atoms with Crippen LogP contribution in [0, 0.1) is 19.8 Å². The number of hydrogen-bond acceptors (Lipinski definition) is 4. The van der Waals surface area contributed by atoms with Gasteiger partial charge in [-0.15, -0.1) is 11.3 Å². The molecule has 0 aromatic carbocycles. The zero-order chi connectivity index (χ0) is 18.4. The summed E-state index contributed by atoms with van der Waals surface area (Å²) >= 11 is 1.71. The third-order valence-electron chi connectivity index (χ3n) is 4.46. The van der Waals surface area contributed by atoms with Crippen LogP contribution < -0.4 is 16.0 Å². The highest BCUT2D eigenvalue weighted by atomic mass is 32.1. The quantitative estimate of drug-likeness (QED) is 0.553. The number of aryl methyl sites for hydroxylation is 2. The van der Waals surface area contributed by atoms with E-state index in [0.717, 1.165) is 48.9 Å². The van der Waals surface area contributed by atoms with Crippen molar-refractivity contribution in [2.75, 3.05) is 7.05 Å². The van der Waals surface area contributed by atoms with Crippen molar-refractivity contribution in [2.24, 2.45) is 10.9 Å². The van der Waals surface area contributed by atoms with Crippen LogP contribution in [0.15, 0.2) is 4.99 Å². The minimum atomic E-state index is 0.0955. The molecule has 1 heterocycles. The number of carbonyl (C=O) groups is 1. The topological polar surface area (TPSA) is 78.4 Å². The lowest BCUT2D eigenvalue weighted by atomic mass is 9.85. The fourth-order valence-electron chi connectivity index (χ4n) is 3.25. The smallest absolute Gasteiger partial charge is 0.223 e. The molecule has 1 amide bonds. The summed E-state index contributed by atoms with van der Waals surface area (Å²) in [6, 6.07) is 0.480. The van der Waals surface area contributed by atoms with E-state index in [1.165, 1.54) is 4.88 Å². The molecule has 1 aromatic heterocycles. The minimum Gasteiger partial charge on any atom is -0.354 e. The maximum absolute atomic E-state index is 12.3. The molecule has 1 fully saturated rings. The van der Waals surface area contributed by atoms with Crippen LogP contribution in [-0.2, 0) is 11.3 Å². The predicted octanol–water partition coefficient (Wildman–Crippen LogP) is 2.51. The lowest BCUT2D eigenvalue weighted by molar-refractivity contribution is -0.126. The largest absolute Gasteiger partial charge is 0.354 e. The summed E-state index contributed by atoms with van der Waals surface area (Å²) in [6.45, 7) is 8.80. The second-order valence-corrected chi connectivity index (χ2v) is 8.32. The molecule has 1 aliphatic carbocycles. The second kappa shape index (κ2) is 9.17. The van der Waals surface area contributed by atoms with E-state index in [1.807, 2.05) is 27.7 Å². The maximum atomic E-state index is 12.3. The lowest BCUT2D eigenvalue weighted by Crippen LogP contribution is -2.47.